The molecule has 1 aliphatic rings. The predicted molar refractivity (Wildman–Crippen MR) is 60.0 cm³/mol. The van der Waals surface area contributed by atoms with Crippen LogP contribution < -0.4 is 0 Å². The van der Waals surface area contributed by atoms with Crippen molar-refractivity contribution in [3.05, 3.63) is 0 Å². The molecule has 4 heteroatoms. The van der Waals surface area contributed by atoms with Crippen molar-refractivity contribution in [1.29, 1.82) is 0 Å². The van der Waals surface area contributed by atoms with Crippen LogP contribution in [0.1, 0.15) is 25.7 Å². The maximum atomic E-state index is 10.5. The predicted octanol–water partition coefficient (Wildman–Crippen LogP) is 0.877. The van der Waals surface area contributed by atoms with Gasteiger partial charge in [-0.3, -0.25) is 9.69 Å². The number of aliphatic carboxylic acids is 1. The van der Waals surface area contributed by atoms with E-state index < -0.39 is 5.97 Å². The standard InChI is InChI=1S/C11H22N2O2/c1-12(2)9-10-5-3-4-7-13(10)8-6-11(14)15/h10H,3-9H2,1-2H3,(H,14,15)/t10-/m0/s1. The van der Waals surface area contributed by atoms with Gasteiger partial charge in [-0.2, -0.15) is 0 Å². The Hall–Kier alpha value is -0.610. The quantitative estimate of drug-likeness (QED) is 0.738. The summed E-state index contributed by atoms with van der Waals surface area (Å²) in [6, 6.07) is 0.549. The maximum Gasteiger partial charge on any atom is 0.304 e. The summed E-state index contributed by atoms with van der Waals surface area (Å²) in [4.78, 5) is 15.0. The highest BCUT2D eigenvalue weighted by Gasteiger charge is 2.22. The van der Waals surface area contributed by atoms with Crippen molar-refractivity contribution in [1.82, 2.24) is 9.80 Å². The van der Waals surface area contributed by atoms with E-state index in [9.17, 15) is 4.79 Å². The fourth-order valence-electron chi connectivity index (χ4n) is 2.22. The van der Waals surface area contributed by atoms with Crippen LogP contribution in [0.25, 0.3) is 0 Å². The van der Waals surface area contributed by atoms with Crippen LogP contribution in [-0.2, 0) is 4.79 Å². The highest BCUT2D eigenvalue weighted by molar-refractivity contribution is 5.66. The summed E-state index contributed by atoms with van der Waals surface area (Å²) in [5.74, 6) is -0.691. The molecule has 4 nitrogen and oxygen atoms in total. The van der Waals surface area contributed by atoms with Gasteiger partial charge in [0.1, 0.15) is 0 Å². The summed E-state index contributed by atoms with van der Waals surface area (Å²) in [5, 5.41) is 8.68. The van der Waals surface area contributed by atoms with E-state index in [1.54, 1.807) is 0 Å². The molecule has 88 valence electrons. The molecule has 1 atom stereocenters. The number of likely N-dealkylation sites (tertiary alicyclic amines) is 1. The fourth-order valence-corrected chi connectivity index (χ4v) is 2.22. The highest BCUT2D eigenvalue weighted by atomic mass is 16.4. The van der Waals surface area contributed by atoms with Crippen LogP contribution in [0.5, 0.6) is 0 Å². The third kappa shape index (κ3) is 4.62. The van der Waals surface area contributed by atoms with Crippen molar-refractivity contribution in [3.63, 3.8) is 0 Å². The van der Waals surface area contributed by atoms with Crippen molar-refractivity contribution in [2.75, 3.05) is 33.7 Å². The molecule has 1 heterocycles. The summed E-state index contributed by atoms with van der Waals surface area (Å²) in [6.07, 6.45) is 3.97. The lowest BCUT2D eigenvalue weighted by Gasteiger charge is -2.36. The molecule has 0 aromatic heterocycles. The van der Waals surface area contributed by atoms with Gasteiger partial charge in [-0.15, -0.1) is 0 Å². The van der Waals surface area contributed by atoms with Crippen molar-refractivity contribution in [2.45, 2.75) is 31.7 Å². The molecule has 0 aromatic rings. The number of nitrogens with zero attached hydrogens (tertiary/aromatic N) is 2. The minimum Gasteiger partial charge on any atom is -0.481 e. The summed E-state index contributed by atoms with van der Waals surface area (Å²) in [5.41, 5.74) is 0. The average molecular weight is 214 g/mol. The Kier molecular flexibility index (Phi) is 5.05. The van der Waals surface area contributed by atoms with Gasteiger partial charge in [0.2, 0.25) is 0 Å². The lowest BCUT2D eigenvalue weighted by molar-refractivity contribution is -0.137. The van der Waals surface area contributed by atoms with Gasteiger partial charge in [0.25, 0.3) is 0 Å². The Bertz CT molecular complexity index is 207. The van der Waals surface area contributed by atoms with Gasteiger partial charge in [-0.1, -0.05) is 6.42 Å². The van der Waals surface area contributed by atoms with E-state index in [4.69, 9.17) is 5.11 Å². The van der Waals surface area contributed by atoms with E-state index in [2.05, 4.69) is 23.9 Å². The summed E-state index contributed by atoms with van der Waals surface area (Å²) >= 11 is 0. The third-order valence-electron chi connectivity index (χ3n) is 2.94. The van der Waals surface area contributed by atoms with Gasteiger partial charge in [-0.05, 0) is 33.5 Å². The van der Waals surface area contributed by atoms with Gasteiger partial charge in [0.05, 0.1) is 6.42 Å². The summed E-state index contributed by atoms with van der Waals surface area (Å²) in [6.45, 7) is 2.80. The molecule has 0 radical (unpaired) electrons. The Morgan fingerprint density at radius 2 is 2.20 bits per heavy atom. The number of carbonyl (C=O) groups is 1. The van der Waals surface area contributed by atoms with Crippen LogP contribution in [0.15, 0.2) is 0 Å². The topological polar surface area (TPSA) is 43.8 Å². The normalized spacial score (nSPS) is 23.3. The second-order valence-corrected chi connectivity index (χ2v) is 4.59. The Labute approximate surface area is 91.9 Å². The molecule has 0 amide bonds. The van der Waals surface area contributed by atoms with E-state index in [1.807, 2.05) is 0 Å². The first-order valence-electron chi connectivity index (χ1n) is 5.70. The van der Waals surface area contributed by atoms with Crippen molar-refractivity contribution in [2.24, 2.45) is 0 Å². The molecular formula is C11H22N2O2. The Balaban J connectivity index is 2.38. The number of hydrogen-bond donors (Lipinski definition) is 1. The molecule has 0 aromatic carbocycles. The minimum atomic E-state index is -0.691. The number of rotatable bonds is 5. The number of carboxylic acid groups (broad SMARTS) is 1. The zero-order valence-corrected chi connectivity index (χ0v) is 9.78. The highest BCUT2D eigenvalue weighted by Crippen LogP contribution is 2.17. The van der Waals surface area contributed by atoms with Crippen LogP contribution >= 0.6 is 0 Å². The molecule has 1 N–H and O–H groups in total. The first kappa shape index (κ1) is 12.5. The Morgan fingerprint density at radius 1 is 1.47 bits per heavy atom. The molecule has 0 bridgehead atoms. The minimum absolute atomic E-state index is 0.268. The number of likely N-dealkylation sites (N-methyl/N-ethyl adjacent to an activating group) is 1. The number of piperidine rings is 1. The SMILES string of the molecule is CN(C)C[C@@H]1CCCCN1CCC(=O)O. The number of hydrogen-bond acceptors (Lipinski definition) is 3. The average Bonchev–Trinajstić information content (AvgIpc) is 2.15. The van der Waals surface area contributed by atoms with Gasteiger partial charge in [0, 0.05) is 19.1 Å². The van der Waals surface area contributed by atoms with Crippen molar-refractivity contribution < 1.29 is 9.90 Å². The van der Waals surface area contributed by atoms with E-state index >= 15 is 0 Å². The van der Waals surface area contributed by atoms with Crippen LogP contribution in [0.2, 0.25) is 0 Å². The van der Waals surface area contributed by atoms with Crippen LogP contribution in [0, 0.1) is 0 Å². The van der Waals surface area contributed by atoms with Gasteiger partial charge < -0.3 is 10.0 Å². The molecule has 1 saturated heterocycles. The molecule has 15 heavy (non-hydrogen) atoms. The molecule has 1 aliphatic heterocycles. The van der Waals surface area contributed by atoms with E-state index in [1.165, 1.54) is 19.3 Å². The Morgan fingerprint density at radius 3 is 2.80 bits per heavy atom. The summed E-state index contributed by atoms with van der Waals surface area (Å²) < 4.78 is 0. The van der Waals surface area contributed by atoms with Crippen molar-refractivity contribution >= 4 is 5.97 Å². The van der Waals surface area contributed by atoms with Crippen LogP contribution in [0.4, 0.5) is 0 Å². The van der Waals surface area contributed by atoms with Crippen LogP contribution in [0.3, 0.4) is 0 Å². The zero-order chi connectivity index (χ0) is 11.3. The first-order chi connectivity index (χ1) is 7.09. The second-order valence-electron chi connectivity index (χ2n) is 4.59. The number of carboxylic acids is 1. The maximum absolute atomic E-state index is 10.5. The monoisotopic (exact) mass is 214 g/mol. The first-order valence-corrected chi connectivity index (χ1v) is 5.70. The van der Waals surface area contributed by atoms with Gasteiger partial charge in [-0.25, -0.2) is 0 Å². The molecule has 1 rings (SSSR count). The molecule has 0 aliphatic carbocycles. The largest absolute Gasteiger partial charge is 0.481 e. The molecule has 1 fully saturated rings. The fraction of sp³-hybridized carbons (Fsp3) is 0.909. The third-order valence-corrected chi connectivity index (χ3v) is 2.94. The van der Waals surface area contributed by atoms with Crippen molar-refractivity contribution in [3.8, 4) is 0 Å². The zero-order valence-electron chi connectivity index (χ0n) is 9.78. The molecular weight excluding hydrogens is 192 g/mol. The lowest BCUT2D eigenvalue weighted by Crippen LogP contribution is -2.45. The van der Waals surface area contributed by atoms with E-state index in [0.717, 1.165) is 13.1 Å². The van der Waals surface area contributed by atoms with Gasteiger partial charge in [0.15, 0.2) is 0 Å². The lowest BCUT2D eigenvalue weighted by atomic mass is 10.0. The van der Waals surface area contributed by atoms with Crippen LogP contribution in [-0.4, -0.2) is 60.6 Å². The molecule has 0 spiro atoms. The van der Waals surface area contributed by atoms with E-state index in [0.29, 0.717) is 12.6 Å². The molecule has 0 saturated carbocycles. The second kappa shape index (κ2) is 6.08. The smallest absolute Gasteiger partial charge is 0.304 e. The summed E-state index contributed by atoms with van der Waals surface area (Å²) in [7, 11) is 4.15. The van der Waals surface area contributed by atoms with E-state index in [-0.39, 0.29) is 6.42 Å². The van der Waals surface area contributed by atoms with Gasteiger partial charge >= 0.3 is 5.97 Å². The molecule has 0 unspecified atom stereocenters.